The second kappa shape index (κ2) is 4.29. The molecule has 0 spiro atoms. The molecule has 2 aliphatic rings. The summed E-state index contributed by atoms with van der Waals surface area (Å²) < 4.78 is 9.82. The van der Waals surface area contributed by atoms with E-state index in [1.54, 1.807) is 17.2 Å². The molecule has 17 heavy (non-hydrogen) atoms. The highest BCUT2D eigenvalue weighted by atomic mass is 16.6. The predicted molar refractivity (Wildman–Crippen MR) is 59.3 cm³/mol. The summed E-state index contributed by atoms with van der Waals surface area (Å²) in [5, 5.41) is 0. The number of carbonyl (C=O) groups excluding carboxylic acids is 2. The monoisotopic (exact) mass is 233 g/mol. The topological polar surface area (TPSA) is 55.8 Å². The summed E-state index contributed by atoms with van der Waals surface area (Å²) >= 11 is 0. The van der Waals surface area contributed by atoms with Crippen LogP contribution in [0.15, 0.2) is 47.6 Å². The maximum atomic E-state index is 11.4. The van der Waals surface area contributed by atoms with E-state index in [2.05, 4.69) is 0 Å². The van der Waals surface area contributed by atoms with E-state index in [1.807, 2.05) is 14.1 Å². The highest BCUT2D eigenvalue weighted by Gasteiger charge is 2.21. The SMILES string of the molecule is CN(C)/C=C1/C=C(C=C2C=CC(=O)O2)OC1=O. The smallest absolute Gasteiger partial charge is 0.345 e. The van der Waals surface area contributed by atoms with E-state index in [0.717, 1.165) is 0 Å². The molecule has 2 rings (SSSR count). The Morgan fingerprint density at radius 2 is 1.94 bits per heavy atom. The molecule has 0 fully saturated rings. The molecule has 0 saturated carbocycles. The minimum Gasteiger partial charge on any atom is -0.423 e. The fourth-order valence-electron chi connectivity index (χ4n) is 1.40. The van der Waals surface area contributed by atoms with Gasteiger partial charge in [-0.25, -0.2) is 9.59 Å². The molecule has 0 radical (unpaired) electrons. The van der Waals surface area contributed by atoms with Gasteiger partial charge in [0.25, 0.3) is 0 Å². The Kier molecular flexibility index (Phi) is 2.82. The zero-order valence-corrected chi connectivity index (χ0v) is 9.47. The van der Waals surface area contributed by atoms with Crippen LogP contribution in [0.25, 0.3) is 0 Å². The molecule has 0 aromatic heterocycles. The summed E-state index contributed by atoms with van der Waals surface area (Å²) in [5.41, 5.74) is 0.454. The Balaban J connectivity index is 2.17. The molecule has 0 aliphatic carbocycles. The average Bonchev–Trinajstić information content (AvgIpc) is 2.74. The van der Waals surface area contributed by atoms with Crippen molar-refractivity contribution in [1.29, 1.82) is 0 Å². The van der Waals surface area contributed by atoms with Crippen LogP contribution in [-0.4, -0.2) is 30.9 Å². The number of allylic oxidation sites excluding steroid dienone is 2. The van der Waals surface area contributed by atoms with E-state index in [4.69, 9.17) is 9.47 Å². The van der Waals surface area contributed by atoms with Gasteiger partial charge >= 0.3 is 11.9 Å². The Hall–Kier alpha value is -2.30. The van der Waals surface area contributed by atoms with Crippen molar-refractivity contribution in [2.75, 3.05) is 14.1 Å². The molecule has 0 atom stereocenters. The van der Waals surface area contributed by atoms with Crippen LogP contribution >= 0.6 is 0 Å². The molecular weight excluding hydrogens is 222 g/mol. The van der Waals surface area contributed by atoms with Gasteiger partial charge in [0.05, 0.1) is 5.57 Å². The highest BCUT2D eigenvalue weighted by Crippen LogP contribution is 2.21. The Labute approximate surface area is 98.3 Å². The first-order valence-corrected chi connectivity index (χ1v) is 4.98. The fourth-order valence-corrected chi connectivity index (χ4v) is 1.40. The van der Waals surface area contributed by atoms with Crippen molar-refractivity contribution >= 4 is 11.9 Å². The van der Waals surface area contributed by atoms with Crippen LogP contribution in [0, 0.1) is 0 Å². The van der Waals surface area contributed by atoms with Gasteiger partial charge in [-0.2, -0.15) is 0 Å². The van der Waals surface area contributed by atoms with Crippen LogP contribution < -0.4 is 0 Å². The summed E-state index contributed by atoms with van der Waals surface area (Å²) in [4.78, 5) is 24.0. The van der Waals surface area contributed by atoms with Gasteiger partial charge in [-0.3, -0.25) is 0 Å². The molecule has 2 aliphatic heterocycles. The minimum atomic E-state index is -0.426. The van der Waals surface area contributed by atoms with Crippen LogP contribution in [-0.2, 0) is 19.1 Å². The van der Waals surface area contributed by atoms with Crippen LogP contribution in [0.4, 0.5) is 0 Å². The van der Waals surface area contributed by atoms with Gasteiger partial charge in [0.1, 0.15) is 11.5 Å². The molecule has 0 amide bonds. The van der Waals surface area contributed by atoms with Crippen molar-refractivity contribution in [3.63, 3.8) is 0 Å². The molecular formula is C12H11NO4. The minimum absolute atomic E-state index is 0.359. The van der Waals surface area contributed by atoms with Crippen molar-refractivity contribution in [2.24, 2.45) is 0 Å². The molecule has 0 aromatic rings. The molecule has 2 heterocycles. The van der Waals surface area contributed by atoms with Crippen molar-refractivity contribution in [1.82, 2.24) is 4.90 Å². The molecule has 0 saturated heterocycles. The van der Waals surface area contributed by atoms with E-state index in [0.29, 0.717) is 17.1 Å². The van der Waals surface area contributed by atoms with E-state index < -0.39 is 11.9 Å². The molecule has 0 bridgehead atoms. The van der Waals surface area contributed by atoms with Gasteiger partial charge in [0, 0.05) is 32.4 Å². The van der Waals surface area contributed by atoms with Crippen LogP contribution in [0.2, 0.25) is 0 Å². The van der Waals surface area contributed by atoms with Gasteiger partial charge in [-0.05, 0) is 12.2 Å². The third-order valence-electron chi connectivity index (χ3n) is 2.03. The quantitative estimate of drug-likeness (QED) is 0.523. The maximum Gasteiger partial charge on any atom is 0.345 e. The number of hydrogen-bond donors (Lipinski definition) is 0. The lowest BCUT2D eigenvalue weighted by atomic mass is 10.2. The molecule has 5 nitrogen and oxygen atoms in total. The Morgan fingerprint density at radius 1 is 1.18 bits per heavy atom. The van der Waals surface area contributed by atoms with E-state index >= 15 is 0 Å². The summed E-state index contributed by atoms with van der Waals surface area (Å²) in [6.45, 7) is 0. The first-order valence-electron chi connectivity index (χ1n) is 4.98. The summed E-state index contributed by atoms with van der Waals surface area (Å²) in [6.07, 6.45) is 7.57. The van der Waals surface area contributed by atoms with E-state index in [-0.39, 0.29) is 0 Å². The largest absolute Gasteiger partial charge is 0.423 e. The zero-order valence-electron chi connectivity index (χ0n) is 9.47. The van der Waals surface area contributed by atoms with Crippen LogP contribution in [0.5, 0.6) is 0 Å². The third-order valence-corrected chi connectivity index (χ3v) is 2.03. The van der Waals surface area contributed by atoms with Crippen molar-refractivity contribution in [3.05, 3.63) is 47.6 Å². The Morgan fingerprint density at radius 3 is 2.53 bits per heavy atom. The maximum absolute atomic E-state index is 11.4. The number of hydrogen-bond acceptors (Lipinski definition) is 5. The van der Waals surface area contributed by atoms with E-state index in [9.17, 15) is 9.59 Å². The van der Waals surface area contributed by atoms with Gasteiger partial charge < -0.3 is 14.4 Å². The number of ether oxygens (including phenoxy) is 2. The number of esters is 2. The standard InChI is InChI=1S/C12H11NO4/c1-13(2)7-8-5-10(17-12(8)15)6-9-3-4-11(14)16-9/h3-7H,1-2H3/b8-7-,9-6?. The summed E-state index contributed by atoms with van der Waals surface area (Å²) in [5.74, 6) is -0.123. The highest BCUT2D eigenvalue weighted by molar-refractivity contribution is 5.95. The number of cyclic esters (lactones) is 2. The summed E-state index contributed by atoms with van der Waals surface area (Å²) in [7, 11) is 3.62. The molecule has 0 N–H and O–H groups in total. The first kappa shape index (κ1) is 11.2. The molecule has 0 aromatic carbocycles. The van der Waals surface area contributed by atoms with Gasteiger partial charge in [0.15, 0.2) is 0 Å². The number of carbonyl (C=O) groups is 2. The van der Waals surface area contributed by atoms with Crippen LogP contribution in [0.3, 0.4) is 0 Å². The molecule has 0 unspecified atom stereocenters. The van der Waals surface area contributed by atoms with Gasteiger partial charge in [-0.1, -0.05) is 0 Å². The second-order valence-electron chi connectivity index (χ2n) is 3.79. The van der Waals surface area contributed by atoms with Gasteiger partial charge in [0.2, 0.25) is 0 Å². The Bertz CT molecular complexity index is 495. The lowest BCUT2D eigenvalue weighted by molar-refractivity contribution is -0.133. The van der Waals surface area contributed by atoms with Crippen molar-refractivity contribution < 1.29 is 19.1 Å². The second-order valence-corrected chi connectivity index (χ2v) is 3.79. The number of nitrogens with zero attached hydrogens (tertiary/aromatic N) is 1. The van der Waals surface area contributed by atoms with Crippen molar-refractivity contribution in [2.45, 2.75) is 0 Å². The number of rotatable bonds is 2. The third kappa shape index (κ3) is 2.63. The fraction of sp³-hybridized carbons (Fsp3) is 0.167. The zero-order chi connectivity index (χ0) is 12.4. The lowest BCUT2D eigenvalue weighted by Gasteiger charge is -2.03. The van der Waals surface area contributed by atoms with Crippen molar-refractivity contribution in [3.8, 4) is 0 Å². The summed E-state index contributed by atoms with van der Waals surface area (Å²) in [6, 6.07) is 0. The predicted octanol–water partition coefficient (Wildman–Crippen LogP) is 0.869. The van der Waals surface area contributed by atoms with E-state index in [1.165, 1.54) is 18.2 Å². The lowest BCUT2D eigenvalue weighted by Crippen LogP contribution is -2.06. The average molecular weight is 233 g/mol. The molecule has 5 heteroatoms. The molecule has 88 valence electrons. The van der Waals surface area contributed by atoms with Crippen LogP contribution in [0.1, 0.15) is 0 Å². The van der Waals surface area contributed by atoms with Gasteiger partial charge in [-0.15, -0.1) is 0 Å². The first-order chi connectivity index (χ1) is 8.04. The normalized spacial score (nSPS) is 23.1.